The highest BCUT2D eigenvalue weighted by atomic mass is 35.5. The second-order valence-electron chi connectivity index (χ2n) is 7.07. The van der Waals surface area contributed by atoms with Gasteiger partial charge in [-0.1, -0.05) is 58.5 Å². The van der Waals surface area contributed by atoms with E-state index in [0.717, 1.165) is 30.4 Å². The van der Waals surface area contributed by atoms with E-state index in [4.69, 9.17) is 56.9 Å². The second-order valence-corrected chi connectivity index (χ2v) is 8.70. The Hall–Kier alpha value is -2.09. The number of hydrogen-bond donors (Lipinski definition) is 1. The molecule has 0 bridgehead atoms. The maximum absolute atomic E-state index is 9.81. The van der Waals surface area contributed by atoms with E-state index < -0.39 is 5.92 Å². The van der Waals surface area contributed by atoms with Crippen molar-refractivity contribution in [1.82, 2.24) is 0 Å². The average molecular weight is 478 g/mol. The van der Waals surface area contributed by atoms with Gasteiger partial charge in [-0.15, -0.1) is 0 Å². The Kier molecular flexibility index (Phi) is 6.04. The van der Waals surface area contributed by atoms with Gasteiger partial charge in [-0.25, -0.2) is 0 Å². The molecule has 30 heavy (non-hydrogen) atoms. The molecule has 2 aromatic rings. The molecular formula is C23H16Cl4N2O. The van der Waals surface area contributed by atoms with Gasteiger partial charge in [0.15, 0.2) is 0 Å². The lowest BCUT2D eigenvalue weighted by molar-refractivity contribution is 0.277. The van der Waals surface area contributed by atoms with Gasteiger partial charge in [0.25, 0.3) is 0 Å². The van der Waals surface area contributed by atoms with Crippen molar-refractivity contribution >= 4 is 52.5 Å². The van der Waals surface area contributed by atoms with Crippen LogP contribution in [0.25, 0.3) is 6.08 Å². The van der Waals surface area contributed by atoms with Gasteiger partial charge < -0.3 is 10.5 Å². The van der Waals surface area contributed by atoms with E-state index in [1.807, 2.05) is 6.08 Å². The lowest BCUT2D eigenvalue weighted by Crippen LogP contribution is -2.24. The third-order valence-corrected chi connectivity index (χ3v) is 6.64. The third-order valence-electron chi connectivity index (χ3n) is 5.32. The van der Waals surface area contributed by atoms with Crippen LogP contribution >= 0.6 is 46.4 Å². The molecule has 0 aromatic heterocycles. The smallest absolute Gasteiger partial charge is 0.205 e. The molecule has 3 nitrogen and oxygen atoms in total. The van der Waals surface area contributed by atoms with E-state index in [2.05, 4.69) is 6.07 Å². The summed E-state index contributed by atoms with van der Waals surface area (Å²) in [6.45, 7) is 0. The highest BCUT2D eigenvalue weighted by molar-refractivity contribution is 6.37. The molecular weight excluding hydrogens is 462 g/mol. The van der Waals surface area contributed by atoms with Crippen molar-refractivity contribution in [1.29, 1.82) is 5.26 Å². The fourth-order valence-corrected chi connectivity index (χ4v) is 5.10. The first-order chi connectivity index (χ1) is 14.4. The molecule has 2 aromatic carbocycles. The van der Waals surface area contributed by atoms with Crippen molar-refractivity contribution in [3.8, 4) is 6.07 Å². The summed E-state index contributed by atoms with van der Waals surface area (Å²) in [7, 11) is 0. The van der Waals surface area contributed by atoms with Crippen LogP contribution in [0.5, 0.6) is 0 Å². The normalized spacial score (nSPS) is 20.1. The zero-order chi connectivity index (χ0) is 21.4. The number of benzene rings is 2. The van der Waals surface area contributed by atoms with Gasteiger partial charge >= 0.3 is 0 Å². The Balaban J connectivity index is 1.92. The number of nitrogens with zero attached hydrogens (tertiary/aromatic N) is 1. The molecule has 0 fully saturated rings. The van der Waals surface area contributed by atoms with E-state index in [9.17, 15) is 5.26 Å². The topological polar surface area (TPSA) is 59.0 Å². The molecule has 152 valence electrons. The fraction of sp³-hybridized carbons (Fsp3) is 0.174. The number of rotatable bonds is 2. The maximum atomic E-state index is 9.81. The first-order valence-electron chi connectivity index (χ1n) is 9.31. The molecule has 0 spiro atoms. The van der Waals surface area contributed by atoms with Crippen LogP contribution in [0.1, 0.15) is 36.3 Å². The minimum Gasteiger partial charge on any atom is -0.440 e. The first kappa shape index (κ1) is 21.2. The van der Waals surface area contributed by atoms with Crippen molar-refractivity contribution in [2.24, 2.45) is 5.73 Å². The molecule has 1 aliphatic carbocycles. The molecule has 0 radical (unpaired) electrons. The van der Waals surface area contributed by atoms with Crippen LogP contribution in [0.3, 0.4) is 0 Å². The summed E-state index contributed by atoms with van der Waals surface area (Å²) < 4.78 is 5.96. The number of ether oxygens (including phenoxy) is 1. The van der Waals surface area contributed by atoms with Gasteiger partial charge in [0.1, 0.15) is 17.4 Å². The monoisotopic (exact) mass is 476 g/mol. The zero-order valence-electron chi connectivity index (χ0n) is 15.7. The van der Waals surface area contributed by atoms with E-state index in [1.54, 1.807) is 36.4 Å². The number of nitriles is 1. The molecule has 2 aliphatic rings. The summed E-state index contributed by atoms with van der Waals surface area (Å²) >= 11 is 25.7. The molecule has 2 N–H and O–H groups in total. The summed E-state index contributed by atoms with van der Waals surface area (Å²) in [5.41, 5.74) is 9.70. The standard InChI is InChI=1S/C23H16Cl4N2O/c24-16-6-2-7-17(25)14(16)10-12-4-1-5-13-20(15(11-28)23(29)30-22(12)13)21-18(26)8-3-9-19(21)27/h2-3,6-10,20H,1,4-5,29H2. The average Bonchev–Trinajstić information content (AvgIpc) is 2.71. The van der Waals surface area contributed by atoms with Gasteiger partial charge in [-0.2, -0.15) is 5.26 Å². The SMILES string of the molecule is N#CC1=C(N)OC2=C(CCCC2=Cc2c(Cl)cccc2Cl)C1c1c(Cl)cccc1Cl. The zero-order valence-corrected chi connectivity index (χ0v) is 18.7. The molecule has 1 aliphatic heterocycles. The number of hydrogen-bond acceptors (Lipinski definition) is 3. The molecule has 4 rings (SSSR count). The molecule has 0 saturated carbocycles. The highest BCUT2D eigenvalue weighted by Crippen LogP contribution is 2.50. The Morgan fingerprint density at radius 2 is 1.57 bits per heavy atom. The van der Waals surface area contributed by atoms with Crippen molar-refractivity contribution in [3.05, 3.63) is 96.0 Å². The summed E-state index contributed by atoms with van der Waals surface area (Å²) in [6.07, 6.45) is 4.29. The Labute approximate surface area is 194 Å². The molecule has 1 heterocycles. The van der Waals surface area contributed by atoms with Crippen LogP contribution in [-0.4, -0.2) is 0 Å². The second kappa shape index (κ2) is 8.57. The molecule has 0 saturated heterocycles. The minimum atomic E-state index is -0.467. The lowest BCUT2D eigenvalue weighted by Gasteiger charge is -2.34. The van der Waals surface area contributed by atoms with Crippen LogP contribution in [0.15, 0.2) is 64.8 Å². The van der Waals surface area contributed by atoms with E-state index >= 15 is 0 Å². The molecule has 7 heteroatoms. The Morgan fingerprint density at radius 3 is 2.17 bits per heavy atom. The first-order valence-corrected chi connectivity index (χ1v) is 10.8. The Morgan fingerprint density at radius 1 is 0.967 bits per heavy atom. The van der Waals surface area contributed by atoms with E-state index in [-0.39, 0.29) is 5.88 Å². The highest BCUT2D eigenvalue weighted by Gasteiger charge is 2.37. The minimum absolute atomic E-state index is 0.0512. The molecule has 1 unspecified atom stereocenters. The summed E-state index contributed by atoms with van der Waals surface area (Å²) in [5, 5.41) is 11.9. The summed E-state index contributed by atoms with van der Waals surface area (Å²) in [6, 6.07) is 12.8. The largest absolute Gasteiger partial charge is 0.440 e. The fourth-order valence-electron chi connectivity index (χ4n) is 3.98. The predicted octanol–water partition coefficient (Wildman–Crippen LogP) is 7.63. The molecule has 1 atom stereocenters. The van der Waals surface area contributed by atoms with Gasteiger partial charge in [-0.3, -0.25) is 0 Å². The van der Waals surface area contributed by atoms with E-state index in [0.29, 0.717) is 42.5 Å². The predicted molar refractivity (Wildman–Crippen MR) is 122 cm³/mol. The molecule has 0 amide bonds. The van der Waals surface area contributed by atoms with Crippen LogP contribution in [0, 0.1) is 11.3 Å². The van der Waals surface area contributed by atoms with Crippen LogP contribution in [0.2, 0.25) is 20.1 Å². The van der Waals surface area contributed by atoms with Gasteiger partial charge in [0.05, 0.1) is 5.92 Å². The summed E-state index contributed by atoms with van der Waals surface area (Å²) in [4.78, 5) is 0. The van der Waals surface area contributed by atoms with Crippen LogP contribution in [0.4, 0.5) is 0 Å². The third kappa shape index (κ3) is 3.70. The van der Waals surface area contributed by atoms with Crippen molar-refractivity contribution in [2.75, 3.05) is 0 Å². The van der Waals surface area contributed by atoms with Gasteiger partial charge in [0, 0.05) is 31.2 Å². The van der Waals surface area contributed by atoms with Gasteiger partial charge in [-0.05, 0) is 60.8 Å². The number of halogens is 4. The van der Waals surface area contributed by atoms with Gasteiger partial charge in [0.2, 0.25) is 5.88 Å². The van der Waals surface area contributed by atoms with Crippen LogP contribution < -0.4 is 5.73 Å². The van der Waals surface area contributed by atoms with Crippen molar-refractivity contribution in [3.63, 3.8) is 0 Å². The number of allylic oxidation sites excluding steroid dienone is 3. The summed E-state index contributed by atoms with van der Waals surface area (Å²) in [5.74, 6) is 0.218. The van der Waals surface area contributed by atoms with Crippen molar-refractivity contribution in [2.45, 2.75) is 25.2 Å². The maximum Gasteiger partial charge on any atom is 0.205 e. The van der Waals surface area contributed by atoms with Crippen molar-refractivity contribution < 1.29 is 4.74 Å². The quantitative estimate of drug-likeness (QED) is 0.483. The number of nitrogens with two attached hydrogens (primary N) is 1. The lowest BCUT2D eigenvalue weighted by atomic mass is 9.77. The Bertz CT molecular complexity index is 1130. The van der Waals surface area contributed by atoms with E-state index in [1.165, 1.54) is 0 Å². The van der Waals surface area contributed by atoms with Crippen LogP contribution in [-0.2, 0) is 4.74 Å².